The molecule has 0 bridgehead atoms. The highest BCUT2D eigenvalue weighted by molar-refractivity contribution is 5.67. The lowest BCUT2D eigenvalue weighted by Gasteiger charge is -2.09. The highest BCUT2D eigenvalue weighted by Gasteiger charge is 2.09. The molecule has 1 aromatic heterocycles. The van der Waals surface area contributed by atoms with Gasteiger partial charge in [-0.15, -0.1) is 0 Å². The van der Waals surface area contributed by atoms with E-state index in [0.717, 1.165) is 22.7 Å². The van der Waals surface area contributed by atoms with Crippen molar-refractivity contribution >= 4 is 0 Å². The van der Waals surface area contributed by atoms with Crippen molar-refractivity contribution in [3.63, 3.8) is 0 Å². The summed E-state index contributed by atoms with van der Waals surface area (Å²) in [5, 5.41) is 8.54. The SMILES string of the molecule is COc1ccc(C)cc1-c1ccc(C(C)C)nn1. The number of aromatic nitrogens is 2. The molecule has 0 saturated carbocycles. The largest absolute Gasteiger partial charge is 0.496 e. The second-order valence-corrected chi connectivity index (χ2v) is 4.70. The average Bonchev–Trinajstić information content (AvgIpc) is 2.39. The molecule has 1 heterocycles. The highest BCUT2D eigenvalue weighted by atomic mass is 16.5. The van der Waals surface area contributed by atoms with E-state index in [-0.39, 0.29) is 0 Å². The third kappa shape index (κ3) is 2.50. The fraction of sp³-hybridized carbons (Fsp3) is 0.333. The molecule has 0 spiro atoms. The molecule has 0 aliphatic carbocycles. The molecule has 0 fully saturated rings. The molecule has 0 N–H and O–H groups in total. The Balaban J connectivity index is 2.44. The van der Waals surface area contributed by atoms with Crippen LogP contribution in [0.5, 0.6) is 5.75 Å². The molecule has 1 aromatic carbocycles. The molecule has 0 aliphatic heterocycles. The van der Waals surface area contributed by atoms with Crippen molar-refractivity contribution in [2.45, 2.75) is 26.7 Å². The fourth-order valence-electron chi connectivity index (χ4n) is 1.82. The molecule has 2 aromatic rings. The third-order valence-corrected chi connectivity index (χ3v) is 2.91. The number of nitrogens with zero attached hydrogens (tertiary/aromatic N) is 2. The van der Waals surface area contributed by atoms with Crippen LogP contribution in [0.2, 0.25) is 0 Å². The Morgan fingerprint density at radius 2 is 1.83 bits per heavy atom. The van der Waals surface area contributed by atoms with Crippen LogP contribution in [0.25, 0.3) is 11.3 Å². The maximum absolute atomic E-state index is 5.36. The third-order valence-electron chi connectivity index (χ3n) is 2.91. The number of methoxy groups -OCH3 is 1. The number of ether oxygens (including phenoxy) is 1. The molecular formula is C15H18N2O. The van der Waals surface area contributed by atoms with Gasteiger partial charge in [0.25, 0.3) is 0 Å². The Morgan fingerprint density at radius 1 is 1.06 bits per heavy atom. The van der Waals surface area contributed by atoms with Crippen molar-refractivity contribution in [3.05, 3.63) is 41.6 Å². The van der Waals surface area contributed by atoms with Gasteiger partial charge < -0.3 is 4.74 Å². The van der Waals surface area contributed by atoms with Crippen molar-refractivity contribution in [1.82, 2.24) is 10.2 Å². The molecule has 2 rings (SSSR count). The summed E-state index contributed by atoms with van der Waals surface area (Å²) in [6.45, 7) is 6.27. The van der Waals surface area contributed by atoms with E-state index in [1.165, 1.54) is 5.56 Å². The molecule has 0 atom stereocenters. The molecule has 0 radical (unpaired) electrons. The van der Waals surface area contributed by atoms with Gasteiger partial charge in [-0.2, -0.15) is 10.2 Å². The molecule has 0 unspecified atom stereocenters. The number of hydrogen-bond donors (Lipinski definition) is 0. The first-order valence-corrected chi connectivity index (χ1v) is 6.10. The Bertz CT molecular complexity index is 533. The number of benzene rings is 1. The van der Waals surface area contributed by atoms with Crippen LogP contribution in [-0.2, 0) is 0 Å². The summed E-state index contributed by atoms with van der Waals surface area (Å²) < 4.78 is 5.36. The van der Waals surface area contributed by atoms with Crippen LogP contribution in [0.15, 0.2) is 30.3 Å². The predicted octanol–water partition coefficient (Wildman–Crippen LogP) is 3.58. The molecular weight excluding hydrogens is 224 g/mol. The standard InChI is InChI=1S/C15H18N2O/c1-10(2)13-6-7-14(17-16-13)12-9-11(3)5-8-15(12)18-4/h5-10H,1-4H3. The van der Waals surface area contributed by atoms with E-state index in [2.05, 4.69) is 37.0 Å². The monoisotopic (exact) mass is 242 g/mol. The van der Waals surface area contributed by atoms with E-state index in [9.17, 15) is 0 Å². The smallest absolute Gasteiger partial charge is 0.128 e. The van der Waals surface area contributed by atoms with Crippen molar-refractivity contribution in [1.29, 1.82) is 0 Å². The van der Waals surface area contributed by atoms with Crippen LogP contribution in [0.4, 0.5) is 0 Å². The van der Waals surface area contributed by atoms with Crippen LogP contribution >= 0.6 is 0 Å². The van der Waals surface area contributed by atoms with E-state index < -0.39 is 0 Å². The first-order chi connectivity index (χ1) is 8.61. The first kappa shape index (κ1) is 12.6. The molecule has 3 nitrogen and oxygen atoms in total. The summed E-state index contributed by atoms with van der Waals surface area (Å²) >= 11 is 0. The van der Waals surface area contributed by atoms with Crippen LogP contribution in [-0.4, -0.2) is 17.3 Å². The van der Waals surface area contributed by atoms with E-state index >= 15 is 0 Å². The number of hydrogen-bond acceptors (Lipinski definition) is 3. The molecule has 3 heteroatoms. The van der Waals surface area contributed by atoms with E-state index in [1.54, 1.807) is 7.11 Å². The van der Waals surface area contributed by atoms with Crippen LogP contribution in [0.1, 0.15) is 31.0 Å². The van der Waals surface area contributed by atoms with Gasteiger partial charge in [-0.1, -0.05) is 25.5 Å². The summed E-state index contributed by atoms with van der Waals surface area (Å²) in [7, 11) is 1.67. The zero-order valence-electron chi connectivity index (χ0n) is 11.3. The lowest BCUT2D eigenvalue weighted by atomic mass is 10.1. The normalized spacial score (nSPS) is 10.7. The maximum Gasteiger partial charge on any atom is 0.128 e. The minimum Gasteiger partial charge on any atom is -0.496 e. The van der Waals surface area contributed by atoms with Gasteiger partial charge in [0, 0.05) is 5.56 Å². The van der Waals surface area contributed by atoms with E-state index in [0.29, 0.717) is 5.92 Å². The van der Waals surface area contributed by atoms with Gasteiger partial charge in [0.15, 0.2) is 0 Å². The van der Waals surface area contributed by atoms with Gasteiger partial charge in [-0.05, 0) is 37.1 Å². The lowest BCUT2D eigenvalue weighted by Crippen LogP contribution is -1.97. The number of rotatable bonds is 3. The van der Waals surface area contributed by atoms with Crippen molar-refractivity contribution < 1.29 is 4.74 Å². The van der Waals surface area contributed by atoms with Gasteiger partial charge in [-0.25, -0.2) is 0 Å². The molecule has 18 heavy (non-hydrogen) atoms. The molecule has 94 valence electrons. The summed E-state index contributed by atoms with van der Waals surface area (Å²) in [5.74, 6) is 1.22. The molecule has 0 amide bonds. The Hall–Kier alpha value is -1.90. The summed E-state index contributed by atoms with van der Waals surface area (Å²) in [4.78, 5) is 0. The summed E-state index contributed by atoms with van der Waals surface area (Å²) in [5.41, 5.74) is 4.02. The van der Waals surface area contributed by atoms with Crippen LogP contribution in [0.3, 0.4) is 0 Å². The topological polar surface area (TPSA) is 35.0 Å². The van der Waals surface area contributed by atoms with Gasteiger partial charge in [0.05, 0.1) is 18.5 Å². The van der Waals surface area contributed by atoms with Gasteiger partial charge in [0.2, 0.25) is 0 Å². The minimum atomic E-state index is 0.394. The molecule has 0 aliphatic rings. The number of aryl methyl sites for hydroxylation is 1. The highest BCUT2D eigenvalue weighted by Crippen LogP contribution is 2.29. The minimum absolute atomic E-state index is 0.394. The van der Waals surface area contributed by atoms with Crippen LogP contribution in [0, 0.1) is 6.92 Å². The Morgan fingerprint density at radius 3 is 2.39 bits per heavy atom. The van der Waals surface area contributed by atoms with Gasteiger partial charge >= 0.3 is 0 Å². The van der Waals surface area contributed by atoms with Crippen molar-refractivity contribution in [2.75, 3.05) is 7.11 Å². The Kier molecular flexibility index (Phi) is 3.60. The average molecular weight is 242 g/mol. The zero-order chi connectivity index (χ0) is 13.1. The van der Waals surface area contributed by atoms with Gasteiger partial charge in [-0.3, -0.25) is 0 Å². The summed E-state index contributed by atoms with van der Waals surface area (Å²) in [6, 6.07) is 10.1. The lowest BCUT2D eigenvalue weighted by molar-refractivity contribution is 0.416. The predicted molar refractivity (Wildman–Crippen MR) is 72.8 cm³/mol. The fourth-order valence-corrected chi connectivity index (χ4v) is 1.82. The Labute approximate surface area is 108 Å². The zero-order valence-corrected chi connectivity index (χ0v) is 11.3. The van der Waals surface area contributed by atoms with Crippen molar-refractivity contribution in [3.8, 4) is 17.0 Å². The van der Waals surface area contributed by atoms with E-state index in [1.807, 2.05) is 24.3 Å². The molecule has 0 saturated heterocycles. The van der Waals surface area contributed by atoms with Gasteiger partial charge in [0.1, 0.15) is 5.75 Å². The maximum atomic E-state index is 5.36. The summed E-state index contributed by atoms with van der Waals surface area (Å²) in [6.07, 6.45) is 0. The van der Waals surface area contributed by atoms with Crippen molar-refractivity contribution in [2.24, 2.45) is 0 Å². The van der Waals surface area contributed by atoms with E-state index in [4.69, 9.17) is 4.74 Å². The quantitative estimate of drug-likeness (QED) is 0.825. The second-order valence-electron chi connectivity index (χ2n) is 4.70. The first-order valence-electron chi connectivity index (χ1n) is 6.10. The van der Waals surface area contributed by atoms with Crippen LogP contribution < -0.4 is 4.74 Å². The second kappa shape index (κ2) is 5.17.